The van der Waals surface area contributed by atoms with Gasteiger partial charge in [-0.05, 0) is 11.1 Å². The molecule has 0 N–H and O–H groups in total. The molecule has 88 valence electrons. The number of hydrogen-bond donors (Lipinski definition) is 0. The highest BCUT2D eigenvalue weighted by atomic mass is 16.9. The maximum atomic E-state index is 10.8. The molecule has 2 aromatic rings. The van der Waals surface area contributed by atoms with Crippen LogP contribution in [0, 0.1) is 0 Å². The summed E-state index contributed by atoms with van der Waals surface area (Å²) in [6, 6.07) is 19.4. The Morgan fingerprint density at radius 3 is 1.56 bits per heavy atom. The first-order chi connectivity index (χ1) is 8.84. The molecule has 3 heteroatoms. The summed E-state index contributed by atoms with van der Waals surface area (Å²) in [5, 5.41) is 0. The average Bonchev–Trinajstić information content (AvgIpc) is 2.40. The van der Waals surface area contributed by atoms with Gasteiger partial charge in [0.2, 0.25) is 0 Å². The number of cyclic esters (lactones) is 2. The summed E-state index contributed by atoms with van der Waals surface area (Å²) >= 11 is 0. The van der Waals surface area contributed by atoms with Crippen molar-refractivity contribution in [2.24, 2.45) is 0 Å². The van der Waals surface area contributed by atoms with Crippen LogP contribution in [0.15, 0.2) is 66.6 Å². The van der Waals surface area contributed by atoms with Crippen LogP contribution < -0.4 is 0 Å². The summed E-state index contributed by atoms with van der Waals surface area (Å²) in [5.41, 5.74) is 2.69. The van der Waals surface area contributed by atoms with Crippen molar-refractivity contribution in [1.29, 1.82) is 0 Å². The molecule has 18 heavy (non-hydrogen) atoms. The summed E-state index contributed by atoms with van der Waals surface area (Å²) in [4.78, 5) is 10.8. The Hall–Kier alpha value is -2.55. The summed E-state index contributed by atoms with van der Waals surface area (Å²) in [7, 11) is 0. The second kappa shape index (κ2) is 4.37. The van der Waals surface area contributed by atoms with Crippen LogP contribution in [0.1, 0.15) is 11.1 Å². The minimum atomic E-state index is -0.658. The van der Waals surface area contributed by atoms with Gasteiger partial charge in [0.15, 0.2) is 0 Å². The lowest BCUT2D eigenvalue weighted by molar-refractivity contribution is -0.0239. The molecule has 0 spiro atoms. The third-order valence-electron chi connectivity index (χ3n) is 2.68. The quantitative estimate of drug-likeness (QED) is 0.750. The minimum Gasteiger partial charge on any atom is -0.359 e. The second-order valence-electron chi connectivity index (χ2n) is 3.85. The predicted octanol–water partition coefficient (Wildman–Crippen LogP) is 3.57. The first-order valence-electron chi connectivity index (χ1n) is 5.59. The van der Waals surface area contributed by atoms with Crippen LogP contribution in [0.3, 0.4) is 0 Å². The van der Waals surface area contributed by atoms with Crippen LogP contribution in [0.4, 0.5) is 4.79 Å². The molecule has 1 aliphatic heterocycles. The molecule has 0 radical (unpaired) electrons. The van der Waals surface area contributed by atoms with Crippen LogP contribution in [0.5, 0.6) is 0 Å². The number of carbonyl (C=O) groups is 1. The van der Waals surface area contributed by atoms with E-state index in [1.165, 1.54) is 0 Å². The van der Waals surface area contributed by atoms with E-state index >= 15 is 0 Å². The Bertz CT molecular complexity index is 549. The summed E-state index contributed by atoms with van der Waals surface area (Å²) < 4.78 is 9.86. The normalized spacial score (nSPS) is 13.3. The van der Waals surface area contributed by atoms with Gasteiger partial charge in [-0.2, -0.15) is 0 Å². The van der Waals surface area contributed by atoms with Crippen LogP contribution in [-0.4, -0.2) is 6.16 Å². The Morgan fingerprint density at radius 2 is 1.17 bits per heavy atom. The lowest BCUT2D eigenvalue weighted by atomic mass is 9.98. The third-order valence-corrected chi connectivity index (χ3v) is 2.68. The lowest BCUT2D eigenvalue weighted by Crippen LogP contribution is -2.22. The first kappa shape index (κ1) is 10.6. The van der Waals surface area contributed by atoms with Gasteiger partial charge in [-0.15, -0.1) is 0 Å². The van der Waals surface area contributed by atoms with Gasteiger partial charge >= 0.3 is 12.1 Å². The molecule has 1 heterocycles. The van der Waals surface area contributed by atoms with Gasteiger partial charge in [0.1, 0.15) is 0 Å². The predicted molar refractivity (Wildman–Crippen MR) is 66.5 cm³/mol. The molecule has 0 saturated carbocycles. The Morgan fingerprint density at radius 1 is 0.722 bits per heavy atom. The Balaban J connectivity index is 2.12. The second-order valence-corrected chi connectivity index (χ2v) is 3.85. The smallest absolute Gasteiger partial charge is 0.359 e. The van der Waals surface area contributed by atoms with E-state index in [0.717, 1.165) is 16.7 Å². The van der Waals surface area contributed by atoms with Crippen molar-refractivity contribution in [3.05, 3.63) is 77.7 Å². The standard InChI is InChI=1S/C15H10O3/c16-15-17-14(18-15)13(11-7-3-1-4-8-11)12-9-5-2-6-10-12/h1-10H. The number of hydrogen-bond acceptors (Lipinski definition) is 3. The molecule has 0 aromatic heterocycles. The van der Waals surface area contributed by atoms with Crippen LogP contribution in [0.25, 0.3) is 5.57 Å². The van der Waals surface area contributed by atoms with Crippen molar-refractivity contribution in [2.75, 3.05) is 0 Å². The number of ether oxygens (including phenoxy) is 2. The van der Waals surface area contributed by atoms with Gasteiger partial charge in [0, 0.05) is 0 Å². The van der Waals surface area contributed by atoms with Gasteiger partial charge in [0.05, 0.1) is 5.57 Å². The van der Waals surface area contributed by atoms with E-state index < -0.39 is 6.16 Å². The Labute approximate surface area is 104 Å². The zero-order chi connectivity index (χ0) is 12.4. The summed E-state index contributed by atoms with van der Waals surface area (Å²) in [6.45, 7) is 0. The fraction of sp³-hybridized carbons (Fsp3) is 0. The minimum absolute atomic E-state index is 0.261. The van der Waals surface area contributed by atoms with Crippen LogP contribution >= 0.6 is 0 Å². The van der Waals surface area contributed by atoms with Crippen molar-refractivity contribution in [3.8, 4) is 0 Å². The first-order valence-corrected chi connectivity index (χ1v) is 5.59. The zero-order valence-electron chi connectivity index (χ0n) is 9.50. The van der Waals surface area contributed by atoms with E-state index in [1.54, 1.807) is 0 Å². The van der Waals surface area contributed by atoms with Gasteiger partial charge in [-0.1, -0.05) is 60.7 Å². The van der Waals surface area contributed by atoms with E-state index in [0.29, 0.717) is 0 Å². The molecule has 1 saturated heterocycles. The van der Waals surface area contributed by atoms with E-state index in [2.05, 4.69) is 0 Å². The van der Waals surface area contributed by atoms with E-state index in [1.807, 2.05) is 60.7 Å². The highest BCUT2D eigenvalue weighted by molar-refractivity contribution is 5.85. The van der Waals surface area contributed by atoms with Gasteiger partial charge in [0.25, 0.3) is 0 Å². The largest absolute Gasteiger partial charge is 0.524 e. The van der Waals surface area contributed by atoms with Crippen LogP contribution in [0.2, 0.25) is 0 Å². The van der Waals surface area contributed by atoms with Gasteiger partial charge < -0.3 is 9.47 Å². The SMILES string of the molecule is O=C1OC(=C(c2ccccc2)c2ccccc2)O1. The lowest BCUT2D eigenvalue weighted by Gasteiger charge is -2.20. The van der Waals surface area contributed by atoms with Crippen LogP contribution in [-0.2, 0) is 9.47 Å². The number of benzene rings is 2. The molecule has 0 aliphatic carbocycles. The van der Waals surface area contributed by atoms with Crippen molar-refractivity contribution >= 4 is 11.7 Å². The highest BCUT2D eigenvalue weighted by Crippen LogP contribution is 2.32. The van der Waals surface area contributed by atoms with Gasteiger partial charge in [-0.3, -0.25) is 0 Å². The Kier molecular flexibility index (Phi) is 2.57. The molecule has 0 unspecified atom stereocenters. The number of carbonyl (C=O) groups excluding carboxylic acids is 1. The third kappa shape index (κ3) is 1.86. The van der Waals surface area contributed by atoms with Crippen molar-refractivity contribution in [3.63, 3.8) is 0 Å². The molecule has 0 amide bonds. The van der Waals surface area contributed by atoms with Crippen molar-refractivity contribution in [2.45, 2.75) is 0 Å². The fourth-order valence-corrected chi connectivity index (χ4v) is 1.87. The molecule has 3 nitrogen and oxygen atoms in total. The van der Waals surface area contributed by atoms with Crippen molar-refractivity contribution in [1.82, 2.24) is 0 Å². The molecule has 1 aliphatic rings. The molecule has 0 atom stereocenters. The highest BCUT2D eigenvalue weighted by Gasteiger charge is 2.29. The van der Waals surface area contributed by atoms with E-state index in [-0.39, 0.29) is 5.95 Å². The molecule has 2 aromatic carbocycles. The topological polar surface area (TPSA) is 35.5 Å². The monoisotopic (exact) mass is 238 g/mol. The summed E-state index contributed by atoms with van der Waals surface area (Å²) in [6.07, 6.45) is -0.658. The molecule has 0 bridgehead atoms. The summed E-state index contributed by atoms with van der Waals surface area (Å²) in [5.74, 6) is 0.261. The molecular weight excluding hydrogens is 228 g/mol. The van der Waals surface area contributed by atoms with E-state index in [9.17, 15) is 4.79 Å². The fourth-order valence-electron chi connectivity index (χ4n) is 1.87. The molecular formula is C15H10O3. The van der Waals surface area contributed by atoms with Crippen molar-refractivity contribution < 1.29 is 14.3 Å². The number of rotatable bonds is 2. The molecule has 1 fully saturated rings. The zero-order valence-corrected chi connectivity index (χ0v) is 9.50. The maximum absolute atomic E-state index is 10.8. The molecule has 3 rings (SSSR count). The van der Waals surface area contributed by atoms with Gasteiger partial charge in [-0.25, -0.2) is 4.79 Å². The average molecular weight is 238 g/mol. The maximum Gasteiger partial charge on any atom is 0.524 e. The van der Waals surface area contributed by atoms with E-state index in [4.69, 9.17) is 9.47 Å².